The number of anilines is 1. The molecule has 0 aliphatic heterocycles. The predicted octanol–water partition coefficient (Wildman–Crippen LogP) is 2.79. The first kappa shape index (κ1) is 15.8. The van der Waals surface area contributed by atoms with E-state index in [0.29, 0.717) is 28.6 Å². The molecule has 0 radical (unpaired) electrons. The van der Waals surface area contributed by atoms with Crippen LogP contribution in [-0.2, 0) is 4.79 Å². The predicted molar refractivity (Wildman–Crippen MR) is 84.0 cm³/mol. The zero-order valence-electron chi connectivity index (χ0n) is 11.9. The smallest absolute Gasteiger partial charge is 0.311 e. The Hall–Kier alpha value is -1.56. The Labute approximate surface area is 132 Å². The van der Waals surface area contributed by atoms with Gasteiger partial charge in [0.15, 0.2) is 0 Å². The van der Waals surface area contributed by atoms with Crippen LogP contribution in [0.1, 0.15) is 43.0 Å². The summed E-state index contributed by atoms with van der Waals surface area (Å²) in [6.45, 7) is 1.71. The second-order valence-corrected chi connectivity index (χ2v) is 6.59. The maximum absolute atomic E-state index is 12.3. The molecular weight excluding hydrogens is 336 g/mol. The molecule has 4 N–H and O–H groups in total. The van der Waals surface area contributed by atoms with E-state index in [-0.39, 0.29) is 11.9 Å². The number of aliphatic carboxylic acids is 1. The largest absolute Gasteiger partial charge is 0.481 e. The highest BCUT2D eigenvalue weighted by molar-refractivity contribution is 9.10. The molecule has 0 spiro atoms. The Bertz CT molecular complexity index is 576. The minimum atomic E-state index is -0.904. The number of hydrogen-bond donors (Lipinski definition) is 3. The first-order valence-electron chi connectivity index (χ1n) is 6.94. The first-order chi connectivity index (χ1) is 9.84. The van der Waals surface area contributed by atoms with Crippen molar-refractivity contribution in [3.05, 3.63) is 28.2 Å². The number of nitrogen functional groups attached to an aromatic ring is 1. The van der Waals surface area contributed by atoms with Crippen molar-refractivity contribution in [3.63, 3.8) is 0 Å². The Kier molecular flexibility index (Phi) is 4.56. The molecule has 0 bridgehead atoms. The molecule has 1 saturated carbocycles. The number of halogens is 1. The van der Waals surface area contributed by atoms with Gasteiger partial charge in [-0.25, -0.2) is 0 Å². The summed E-state index contributed by atoms with van der Waals surface area (Å²) in [5.41, 5.74) is 5.82. The second-order valence-electron chi connectivity index (χ2n) is 5.73. The molecule has 2 unspecified atom stereocenters. The molecule has 2 rings (SSSR count). The number of hydrogen-bond acceptors (Lipinski definition) is 3. The van der Waals surface area contributed by atoms with E-state index in [1.165, 1.54) is 0 Å². The van der Waals surface area contributed by atoms with E-state index in [1.54, 1.807) is 25.1 Å². The summed E-state index contributed by atoms with van der Waals surface area (Å²) in [7, 11) is 0. The number of benzene rings is 1. The van der Waals surface area contributed by atoms with E-state index in [9.17, 15) is 14.7 Å². The van der Waals surface area contributed by atoms with Crippen LogP contribution in [0.25, 0.3) is 0 Å². The van der Waals surface area contributed by atoms with Gasteiger partial charge >= 0.3 is 5.97 Å². The lowest BCUT2D eigenvalue weighted by Crippen LogP contribution is -2.52. The van der Waals surface area contributed by atoms with Crippen molar-refractivity contribution in [2.45, 2.75) is 38.6 Å². The fourth-order valence-corrected chi connectivity index (χ4v) is 3.11. The van der Waals surface area contributed by atoms with E-state index >= 15 is 0 Å². The van der Waals surface area contributed by atoms with Crippen LogP contribution in [0.15, 0.2) is 22.7 Å². The minimum Gasteiger partial charge on any atom is -0.481 e. The number of amides is 1. The van der Waals surface area contributed by atoms with Gasteiger partial charge in [-0.2, -0.15) is 0 Å². The maximum atomic E-state index is 12.3. The molecule has 21 heavy (non-hydrogen) atoms. The molecule has 1 aliphatic rings. The molecule has 1 amide bonds. The molecule has 1 aliphatic carbocycles. The van der Waals surface area contributed by atoms with Crippen LogP contribution in [0, 0.1) is 5.41 Å². The van der Waals surface area contributed by atoms with Gasteiger partial charge in [-0.1, -0.05) is 12.8 Å². The third kappa shape index (κ3) is 3.20. The van der Waals surface area contributed by atoms with E-state index in [1.807, 2.05) is 0 Å². The molecule has 0 saturated heterocycles. The molecule has 0 heterocycles. The van der Waals surface area contributed by atoms with Crippen LogP contribution in [0.3, 0.4) is 0 Å². The Morgan fingerprint density at radius 2 is 2.14 bits per heavy atom. The summed E-state index contributed by atoms with van der Waals surface area (Å²) in [5, 5.41) is 12.3. The third-order valence-electron chi connectivity index (χ3n) is 4.26. The van der Waals surface area contributed by atoms with E-state index in [4.69, 9.17) is 5.73 Å². The van der Waals surface area contributed by atoms with Crippen LogP contribution < -0.4 is 11.1 Å². The van der Waals surface area contributed by atoms with Crippen molar-refractivity contribution in [2.24, 2.45) is 5.41 Å². The zero-order valence-corrected chi connectivity index (χ0v) is 13.4. The number of carboxylic acid groups (broad SMARTS) is 1. The van der Waals surface area contributed by atoms with Crippen molar-refractivity contribution in [1.29, 1.82) is 0 Å². The van der Waals surface area contributed by atoms with Crippen LogP contribution in [0.5, 0.6) is 0 Å². The topological polar surface area (TPSA) is 92.4 Å². The number of carbonyl (C=O) groups excluding carboxylic acids is 1. The third-order valence-corrected chi connectivity index (χ3v) is 4.95. The van der Waals surface area contributed by atoms with Gasteiger partial charge in [0.2, 0.25) is 0 Å². The molecule has 114 valence electrons. The summed E-state index contributed by atoms with van der Waals surface area (Å²) in [4.78, 5) is 23.8. The fraction of sp³-hybridized carbons (Fsp3) is 0.467. The molecule has 1 aromatic carbocycles. The van der Waals surface area contributed by atoms with Gasteiger partial charge < -0.3 is 16.2 Å². The lowest BCUT2D eigenvalue weighted by molar-refractivity contribution is -0.151. The van der Waals surface area contributed by atoms with Gasteiger partial charge in [0.05, 0.1) is 5.41 Å². The SMILES string of the molecule is CC1(C(=O)O)CCCCC1NC(=O)c1ccc(N)c(Br)c1. The van der Waals surface area contributed by atoms with Gasteiger partial charge in [0, 0.05) is 21.8 Å². The first-order valence-corrected chi connectivity index (χ1v) is 7.73. The van der Waals surface area contributed by atoms with Crippen LogP contribution in [0.2, 0.25) is 0 Å². The average Bonchev–Trinajstić information content (AvgIpc) is 2.44. The summed E-state index contributed by atoms with van der Waals surface area (Å²) >= 11 is 3.29. The van der Waals surface area contributed by atoms with Crippen LogP contribution in [0.4, 0.5) is 5.69 Å². The summed E-state index contributed by atoms with van der Waals surface area (Å²) in [6, 6.07) is 4.57. The number of nitrogens with two attached hydrogens (primary N) is 1. The Morgan fingerprint density at radius 3 is 2.76 bits per heavy atom. The standard InChI is InChI=1S/C15H19BrN2O3/c1-15(14(20)21)7-3-2-4-12(15)18-13(19)9-5-6-11(17)10(16)8-9/h5-6,8,12H,2-4,7,17H2,1H3,(H,18,19)(H,20,21). The monoisotopic (exact) mass is 354 g/mol. The quantitative estimate of drug-likeness (QED) is 0.727. The number of nitrogens with one attached hydrogen (secondary N) is 1. The molecule has 1 aromatic rings. The van der Waals surface area contributed by atoms with E-state index < -0.39 is 11.4 Å². The number of rotatable bonds is 3. The van der Waals surface area contributed by atoms with Crippen LogP contribution in [-0.4, -0.2) is 23.0 Å². The highest BCUT2D eigenvalue weighted by Gasteiger charge is 2.43. The lowest BCUT2D eigenvalue weighted by atomic mass is 9.71. The van der Waals surface area contributed by atoms with Crippen molar-refractivity contribution < 1.29 is 14.7 Å². The summed E-state index contributed by atoms with van der Waals surface area (Å²) in [6.07, 6.45) is 3.07. The van der Waals surface area contributed by atoms with E-state index in [0.717, 1.165) is 12.8 Å². The normalized spacial score (nSPS) is 25.3. The van der Waals surface area contributed by atoms with Gasteiger partial charge in [-0.05, 0) is 53.9 Å². The molecule has 0 aromatic heterocycles. The highest BCUT2D eigenvalue weighted by Crippen LogP contribution is 2.36. The molecular formula is C15H19BrN2O3. The van der Waals surface area contributed by atoms with Crippen LogP contribution >= 0.6 is 15.9 Å². The Morgan fingerprint density at radius 1 is 1.43 bits per heavy atom. The zero-order chi connectivity index (χ0) is 15.6. The Balaban J connectivity index is 2.17. The molecule has 5 nitrogen and oxygen atoms in total. The molecule has 2 atom stereocenters. The van der Waals surface area contributed by atoms with Crippen molar-refractivity contribution >= 4 is 33.5 Å². The van der Waals surface area contributed by atoms with Gasteiger partial charge in [-0.15, -0.1) is 0 Å². The number of carbonyl (C=O) groups is 2. The summed E-state index contributed by atoms with van der Waals surface area (Å²) < 4.78 is 0.653. The van der Waals surface area contributed by atoms with Crippen molar-refractivity contribution in [2.75, 3.05) is 5.73 Å². The highest BCUT2D eigenvalue weighted by atomic mass is 79.9. The maximum Gasteiger partial charge on any atom is 0.311 e. The lowest BCUT2D eigenvalue weighted by Gasteiger charge is -2.38. The second kappa shape index (κ2) is 6.05. The van der Waals surface area contributed by atoms with Gasteiger partial charge in [0.1, 0.15) is 0 Å². The van der Waals surface area contributed by atoms with Crippen molar-refractivity contribution in [3.8, 4) is 0 Å². The number of carboxylic acids is 1. The summed E-state index contributed by atoms with van der Waals surface area (Å²) in [5.74, 6) is -1.12. The fourth-order valence-electron chi connectivity index (χ4n) is 2.73. The average molecular weight is 355 g/mol. The molecule has 6 heteroatoms. The van der Waals surface area contributed by atoms with E-state index in [2.05, 4.69) is 21.2 Å². The molecule has 1 fully saturated rings. The minimum absolute atomic E-state index is 0.268. The van der Waals surface area contributed by atoms with Gasteiger partial charge in [0.25, 0.3) is 5.91 Å². The van der Waals surface area contributed by atoms with Gasteiger partial charge in [-0.3, -0.25) is 9.59 Å². The van der Waals surface area contributed by atoms with Crippen molar-refractivity contribution in [1.82, 2.24) is 5.32 Å².